The molecule has 0 spiro atoms. The number of ether oxygens (including phenoxy) is 1. The van der Waals surface area contributed by atoms with E-state index >= 15 is 0 Å². The van der Waals surface area contributed by atoms with Crippen LogP contribution < -0.4 is 0 Å². The summed E-state index contributed by atoms with van der Waals surface area (Å²) in [5, 5.41) is 30.1. The molecule has 3 N–H and O–H groups in total. The van der Waals surface area contributed by atoms with E-state index in [0.29, 0.717) is 0 Å². The first-order chi connectivity index (χ1) is 9.94. The largest absolute Gasteiger partial charge is 0.394 e. The third-order valence-corrected chi connectivity index (χ3v) is 4.92. The van der Waals surface area contributed by atoms with Gasteiger partial charge in [-0.1, -0.05) is 45.2 Å². The minimum Gasteiger partial charge on any atom is -0.394 e. The molecule has 22 heavy (non-hydrogen) atoms. The minimum absolute atomic E-state index is 0.250. The van der Waals surface area contributed by atoms with Gasteiger partial charge in [0.05, 0.1) is 24.7 Å². The maximum absolute atomic E-state index is 10.4. The van der Waals surface area contributed by atoms with Crippen LogP contribution in [0.1, 0.15) is 0 Å². The molecule has 1 saturated heterocycles. The van der Waals surface area contributed by atoms with Gasteiger partial charge in [0.15, 0.2) is 0 Å². The number of rotatable bonds is 1. The highest BCUT2D eigenvalue weighted by Crippen LogP contribution is 2.26. The fraction of sp³-hybridized carbons (Fsp3) is 0.750. The Hall–Kier alpha value is -0.606. The van der Waals surface area contributed by atoms with Crippen molar-refractivity contribution in [3.8, 4) is 22.9 Å². The Morgan fingerprint density at radius 1 is 0.864 bits per heavy atom. The van der Waals surface area contributed by atoms with Gasteiger partial charge in [0.25, 0.3) is 0 Å². The lowest BCUT2D eigenvalue weighted by molar-refractivity contribution is -0.177. The van der Waals surface area contributed by atoms with Gasteiger partial charge in [0.2, 0.25) is 0 Å². The predicted octanol–water partition coefficient (Wildman–Crippen LogP) is 0.846. The molecule has 0 aliphatic carbocycles. The van der Waals surface area contributed by atoms with Crippen molar-refractivity contribution < 1.29 is 20.1 Å². The molecule has 0 saturated carbocycles. The molecule has 4 nitrogen and oxygen atoms in total. The van der Waals surface area contributed by atoms with Crippen molar-refractivity contribution in [3.63, 3.8) is 0 Å². The number of aliphatic hydroxyl groups excluding tert-OH is 3. The number of hydrogen-bond donors (Lipinski definition) is 3. The van der Waals surface area contributed by atoms with Crippen molar-refractivity contribution in [2.24, 2.45) is 5.92 Å². The summed E-state index contributed by atoms with van der Waals surface area (Å²) in [5.74, 6) is 5.35. The second-order valence-corrected chi connectivity index (χ2v) is 17.3. The summed E-state index contributed by atoms with van der Waals surface area (Å²) < 4.78 is 5.69. The Balaban J connectivity index is 2.99. The second kappa shape index (κ2) is 7.31. The summed E-state index contributed by atoms with van der Waals surface area (Å²) in [7, 11) is -3.21. The van der Waals surface area contributed by atoms with E-state index in [2.05, 4.69) is 62.2 Å². The van der Waals surface area contributed by atoms with Gasteiger partial charge >= 0.3 is 0 Å². The van der Waals surface area contributed by atoms with Gasteiger partial charge in [0.1, 0.15) is 28.4 Å². The summed E-state index contributed by atoms with van der Waals surface area (Å²) in [5.41, 5.74) is 6.32. The van der Waals surface area contributed by atoms with Gasteiger partial charge in [-0.05, 0) is 0 Å². The molecular weight excluding hydrogens is 312 g/mol. The van der Waals surface area contributed by atoms with E-state index in [0.717, 1.165) is 0 Å². The molecule has 1 rings (SSSR count). The molecule has 0 aromatic rings. The molecule has 0 aromatic heterocycles. The molecule has 124 valence electrons. The van der Waals surface area contributed by atoms with Crippen LogP contribution in [-0.2, 0) is 4.74 Å². The summed E-state index contributed by atoms with van der Waals surface area (Å²) in [6.07, 6.45) is -3.56. The maximum atomic E-state index is 10.4. The topological polar surface area (TPSA) is 69.9 Å². The predicted molar refractivity (Wildman–Crippen MR) is 93.5 cm³/mol. The summed E-state index contributed by atoms with van der Waals surface area (Å²) in [4.78, 5) is 0. The highest BCUT2D eigenvalue weighted by atomic mass is 28.3. The van der Waals surface area contributed by atoms with Gasteiger partial charge in [-0.25, -0.2) is 0 Å². The van der Waals surface area contributed by atoms with Crippen LogP contribution in [0.25, 0.3) is 0 Å². The molecule has 1 aliphatic rings. The normalized spacial score (nSPS) is 32.5. The number of hydrogen-bond acceptors (Lipinski definition) is 4. The third kappa shape index (κ3) is 5.88. The lowest BCUT2D eigenvalue weighted by Gasteiger charge is -2.38. The van der Waals surface area contributed by atoms with Crippen LogP contribution >= 0.6 is 0 Å². The summed E-state index contributed by atoms with van der Waals surface area (Å²) in [6, 6.07) is 0. The Kier molecular flexibility index (Phi) is 6.46. The van der Waals surface area contributed by atoms with Gasteiger partial charge in [-0.2, -0.15) is 0 Å². The van der Waals surface area contributed by atoms with E-state index in [-0.39, 0.29) is 6.61 Å². The highest BCUT2D eigenvalue weighted by molar-refractivity contribution is 6.84. The van der Waals surface area contributed by atoms with Crippen LogP contribution in [0.5, 0.6) is 0 Å². The van der Waals surface area contributed by atoms with Crippen molar-refractivity contribution in [2.75, 3.05) is 6.61 Å². The Morgan fingerprint density at radius 3 is 1.82 bits per heavy atom. The molecule has 6 heteroatoms. The zero-order valence-electron chi connectivity index (χ0n) is 14.3. The molecular formula is C16H28O4Si2. The van der Waals surface area contributed by atoms with Crippen molar-refractivity contribution in [1.82, 2.24) is 0 Å². The summed E-state index contributed by atoms with van der Waals surface area (Å²) >= 11 is 0. The van der Waals surface area contributed by atoms with E-state index < -0.39 is 46.5 Å². The average molecular weight is 341 g/mol. The van der Waals surface area contributed by atoms with E-state index in [4.69, 9.17) is 4.74 Å². The average Bonchev–Trinajstić information content (AvgIpc) is 2.36. The molecule has 1 heterocycles. The lowest BCUT2D eigenvalue weighted by atomic mass is 9.87. The molecule has 0 amide bonds. The molecule has 1 fully saturated rings. The zero-order chi connectivity index (χ0) is 17.1. The summed E-state index contributed by atoms with van der Waals surface area (Å²) in [6.45, 7) is 12.3. The van der Waals surface area contributed by atoms with Gasteiger partial charge in [-0.15, -0.1) is 17.0 Å². The monoisotopic (exact) mass is 340 g/mol. The Labute approximate surface area is 135 Å². The van der Waals surface area contributed by atoms with E-state index in [1.165, 1.54) is 0 Å². The van der Waals surface area contributed by atoms with Crippen molar-refractivity contribution >= 4 is 16.1 Å². The van der Waals surface area contributed by atoms with E-state index in [9.17, 15) is 15.3 Å². The van der Waals surface area contributed by atoms with E-state index in [1.54, 1.807) is 0 Å². The molecule has 0 radical (unpaired) electrons. The zero-order valence-corrected chi connectivity index (χ0v) is 16.3. The fourth-order valence-electron chi connectivity index (χ4n) is 2.01. The maximum Gasteiger partial charge on any atom is 0.146 e. The molecule has 0 aromatic carbocycles. The lowest BCUT2D eigenvalue weighted by Crippen LogP contribution is -2.54. The molecule has 0 bridgehead atoms. The van der Waals surface area contributed by atoms with Crippen LogP contribution in [0.4, 0.5) is 0 Å². The Bertz CT molecular complexity index is 497. The van der Waals surface area contributed by atoms with Gasteiger partial charge in [-0.3, -0.25) is 0 Å². The first kappa shape index (κ1) is 19.4. The first-order valence-corrected chi connectivity index (χ1v) is 14.6. The van der Waals surface area contributed by atoms with Gasteiger partial charge < -0.3 is 20.1 Å². The SMILES string of the molecule is C[Si](C)(C)C#C[C@H]1[C@H](O)[C@H](O)[C@H](C#C[Si](C)(C)C)O[C@@H]1CO. The quantitative estimate of drug-likeness (QED) is 0.489. The van der Waals surface area contributed by atoms with Crippen molar-refractivity contribution in [1.29, 1.82) is 0 Å². The van der Waals surface area contributed by atoms with Crippen LogP contribution in [0.3, 0.4) is 0 Å². The number of aliphatic hydroxyl groups is 3. The fourth-order valence-corrected chi connectivity index (χ4v) is 3.18. The van der Waals surface area contributed by atoms with Crippen LogP contribution in [0.15, 0.2) is 0 Å². The standard InChI is InChI=1S/C16H28O4Si2/c1-21(2,3)9-7-12-14(11-17)20-13(16(19)15(12)18)8-10-22(4,5)6/h12-19H,11H2,1-6H3/t12-,13+,14-,15+,16-/m1/s1. The molecule has 5 atom stereocenters. The third-order valence-electron chi connectivity index (χ3n) is 3.13. The first-order valence-electron chi connectivity index (χ1n) is 7.62. The highest BCUT2D eigenvalue weighted by Gasteiger charge is 2.43. The van der Waals surface area contributed by atoms with Gasteiger partial charge in [0, 0.05) is 0 Å². The second-order valence-electron chi connectivity index (χ2n) is 7.82. The molecule has 0 unspecified atom stereocenters. The van der Waals surface area contributed by atoms with Crippen LogP contribution in [-0.4, -0.2) is 62.5 Å². The van der Waals surface area contributed by atoms with Crippen molar-refractivity contribution in [2.45, 2.75) is 63.7 Å². The smallest absolute Gasteiger partial charge is 0.146 e. The van der Waals surface area contributed by atoms with Crippen molar-refractivity contribution in [3.05, 3.63) is 0 Å². The van der Waals surface area contributed by atoms with Crippen LogP contribution in [0.2, 0.25) is 39.3 Å². The van der Waals surface area contributed by atoms with Crippen LogP contribution in [0, 0.1) is 28.8 Å². The molecule has 1 aliphatic heterocycles. The van der Waals surface area contributed by atoms with E-state index in [1.807, 2.05) is 0 Å². The Morgan fingerprint density at radius 2 is 1.36 bits per heavy atom. The minimum atomic E-state index is -1.61.